The third kappa shape index (κ3) is 4.43. The van der Waals surface area contributed by atoms with Crippen LogP contribution in [0.15, 0.2) is 0 Å². The summed E-state index contributed by atoms with van der Waals surface area (Å²) in [6.45, 7) is 8.02. The van der Waals surface area contributed by atoms with Gasteiger partial charge < -0.3 is 10.6 Å². The molecule has 1 fully saturated rings. The molecule has 0 aromatic heterocycles. The van der Waals surface area contributed by atoms with Crippen molar-refractivity contribution in [2.45, 2.75) is 52.0 Å². The minimum absolute atomic E-state index is 0.331. The van der Waals surface area contributed by atoms with Crippen LogP contribution in [0.5, 0.6) is 0 Å². The minimum Gasteiger partial charge on any atom is -0.327 e. The zero-order chi connectivity index (χ0) is 10.4. The molecule has 1 saturated heterocycles. The van der Waals surface area contributed by atoms with Crippen LogP contribution in [-0.4, -0.2) is 30.6 Å². The van der Waals surface area contributed by atoms with E-state index in [2.05, 4.69) is 18.7 Å². The first-order valence-electron chi connectivity index (χ1n) is 6.20. The zero-order valence-electron chi connectivity index (χ0n) is 9.84. The van der Waals surface area contributed by atoms with Crippen LogP contribution < -0.4 is 5.73 Å². The number of likely N-dealkylation sites (tertiary alicyclic amines) is 1. The molecule has 1 unspecified atom stereocenters. The van der Waals surface area contributed by atoms with E-state index in [1.807, 2.05) is 0 Å². The van der Waals surface area contributed by atoms with E-state index in [1.54, 1.807) is 0 Å². The highest BCUT2D eigenvalue weighted by atomic mass is 15.1. The van der Waals surface area contributed by atoms with Crippen molar-refractivity contribution in [3.8, 4) is 0 Å². The van der Waals surface area contributed by atoms with Crippen molar-refractivity contribution in [1.82, 2.24) is 4.90 Å². The second-order valence-corrected chi connectivity index (χ2v) is 4.86. The second-order valence-electron chi connectivity index (χ2n) is 4.86. The van der Waals surface area contributed by atoms with Crippen molar-refractivity contribution in [2.24, 2.45) is 11.7 Å². The summed E-state index contributed by atoms with van der Waals surface area (Å²) in [5.74, 6) is 0.984. The average Bonchev–Trinajstić information content (AvgIpc) is 2.31. The molecule has 0 aliphatic carbocycles. The van der Waals surface area contributed by atoms with Gasteiger partial charge in [0.15, 0.2) is 0 Å². The lowest BCUT2D eigenvalue weighted by Crippen LogP contribution is -2.36. The molecule has 0 amide bonds. The van der Waals surface area contributed by atoms with Crippen LogP contribution >= 0.6 is 0 Å². The Labute approximate surface area is 88.8 Å². The van der Waals surface area contributed by atoms with Gasteiger partial charge in [0, 0.05) is 12.6 Å². The summed E-state index contributed by atoms with van der Waals surface area (Å²) < 4.78 is 0. The van der Waals surface area contributed by atoms with Gasteiger partial charge in [-0.2, -0.15) is 0 Å². The van der Waals surface area contributed by atoms with Gasteiger partial charge in [-0.15, -0.1) is 0 Å². The number of hydrogen-bond donors (Lipinski definition) is 1. The van der Waals surface area contributed by atoms with Gasteiger partial charge in [0.25, 0.3) is 0 Å². The maximum Gasteiger partial charge on any atom is 0.0139 e. The first-order chi connectivity index (χ1) is 6.72. The van der Waals surface area contributed by atoms with Gasteiger partial charge in [-0.3, -0.25) is 0 Å². The molecule has 1 heterocycles. The molecule has 0 saturated carbocycles. The molecule has 2 heteroatoms. The summed E-state index contributed by atoms with van der Waals surface area (Å²) in [6, 6.07) is 0.331. The van der Waals surface area contributed by atoms with E-state index in [9.17, 15) is 0 Å². The molecule has 0 aromatic carbocycles. The summed E-state index contributed by atoms with van der Waals surface area (Å²) in [5.41, 5.74) is 5.83. The van der Waals surface area contributed by atoms with Crippen LogP contribution in [0.3, 0.4) is 0 Å². The molecule has 1 aliphatic rings. The molecule has 14 heavy (non-hydrogen) atoms. The maximum absolute atomic E-state index is 5.83. The predicted octanol–water partition coefficient (Wildman–Crippen LogP) is 2.24. The van der Waals surface area contributed by atoms with Gasteiger partial charge >= 0.3 is 0 Å². The van der Waals surface area contributed by atoms with E-state index in [-0.39, 0.29) is 0 Å². The topological polar surface area (TPSA) is 29.3 Å². The van der Waals surface area contributed by atoms with E-state index >= 15 is 0 Å². The van der Waals surface area contributed by atoms with E-state index in [4.69, 9.17) is 5.73 Å². The van der Waals surface area contributed by atoms with Crippen LogP contribution in [0.1, 0.15) is 46.0 Å². The molecule has 0 radical (unpaired) electrons. The Morgan fingerprint density at radius 3 is 2.79 bits per heavy atom. The predicted molar refractivity (Wildman–Crippen MR) is 62.3 cm³/mol. The van der Waals surface area contributed by atoms with Crippen LogP contribution in [0.2, 0.25) is 0 Å². The van der Waals surface area contributed by atoms with E-state index in [0.29, 0.717) is 6.04 Å². The smallest absolute Gasteiger partial charge is 0.0139 e. The summed E-state index contributed by atoms with van der Waals surface area (Å²) >= 11 is 0. The molecule has 2 nitrogen and oxygen atoms in total. The van der Waals surface area contributed by atoms with Gasteiger partial charge in [0.1, 0.15) is 0 Å². The SMILES string of the molecule is CCCC1CCCN(C[C@@H](C)N)CC1. The normalized spacial score (nSPS) is 27.2. The molecule has 2 atom stereocenters. The Morgan fingerprint density at radius 1 is 1.36 bits per heavy atom. The summed E-state index contributed by atoms with van der Waals surface area (Å²) in [5, 5.41) is 0. The molecule has 1 rings (SSSR count). The first kappa shape index (κ1) is 12.0. The fourth-order valence-electron chi connectivity index (χ4n) is 2.51. The molecule has 1 aliphatic heterocycles. The van der Waals surface area contributed by atoms with E-state index < -0.39 is 0 Å². The van der Waals surface area contributed by atoms with Crippen LogP contribution in [-0.2, 0) is 0 Å². The van der Waals surface area contributed by atoms with E-state index in [1.165, 1.54) is 45.2 Å². The Kier molecular flexibility index (Phi) is 5.49. The standard InChI is InChI=1S/C12H26N2/c1-3-5-12-6-4-8-14(9-7-12)10-11(2)13/h11-12H,3-10,13H2,1-2H3/t11-,12?/m1/s1. The van der Waals surface area contributed by atoms with Gasteiger partial charge in [-0.05, 0) is 45.2 Å². The Hall–Kier alpha value is -0.0800. The third-order valence-electron chi connectivity index (χ3n) is 3.18. The quantitative estimate of drug-likeness (QED) is 0.750. The van der Waals surface area contributed by atoms with Crippen molar-refractivity contribution in [2.75, 3.05) is 19.6 Å². The number of nitrogens with two attached hydrogens (primary N) is 1. The van der Waals surface area contributed by atoms with Crippen molar-refractivity contribution >= 4 is 0 Å². The molecule has 0 aromatic rings. The highest BCUT2D eigenvalue weighted by Crippen LogP contribution is 2.21. The number of hydrogen-bond acceptors (Lipinski definition) is 2. The second kappa shape index (κ2) is 6.41. The Balaban J connectivity index is 2.25. The fourth-order valence-corrected chi connectivity index (χ4v) is 2.51. The van der Waals surface area contributed by atoms with Crippen molar-refractivity contribution < 1.29 is 0 Å². The van der Waals surface area contributed by atoms with Gasteiger partial charge in [0.05, 0.1) is 0 Å². The molecule has 2 N–H and O–H groups in total. The van der Waals surface area contributed by atoms with Crippen LogP contribution in [0.25, 0.3) is 0 Å². The highest BCUT2D eigenvalue weighted by Gasteiger charge is 2.16. The first-order valence-corrected chi connectivity index (χ1v) is 6.20. The maximum atomic E-state index is 5.83. The van der Waals surface area contributed by atoms with Gasteiger partial charge in [0.2, 0.25) is 0 Å². The highest BCUT2D eigenvalue weighted by molar-refractivity contribution is 4.72. The Bertz CT molecular complexity index is 145. The average molecular weight is 198 g/mol. The molecule has 84 valence electrons. The van der Waals surface area contributed by atoms with Crippen LogP contribution in [0.4, 0.5) is 0 Å². The van der Waals surface area contributed by atoms with Gasteiger partial charge in [-0.1, -0.05) is 19.8 Å². The van der Waals surface area contributed by atoms with Crippen molar-refractivity contribution in [1.29, 1.82) is 0 Å². The largest absolute Gasteiger partial charge is 0.327 e. The molecular formula is C12H26N2. The molecule has 0 bridgehead atoms. The summed E-state index contributed by atoms with van der Waals surface area (Å²) in [6.07, 6.45) is 6.96. The number of rotatable bonds is 4. The monoisotopic (exact) mass is 198 g/mol. The summed E-state index contributed by atoms with van der Waals surface area (Å²) in [4.78, 5) is 2.54. The lowest BCUT2D eigenvalue weighted by molar-refractivity contribution is 0.266. The lowest BCUT2D eigenvalue weighted by Gasteiger charge is -2.21. The lowest BCUT2D eigenvalue weighted by atomic mass is 9.96. The molecular weight excluding hydrogens is 172 g/mol. The van der Waals surface area contributed by atoms with Crippen LogP contribution in [0, 0.1) is 5.92 Å². The zero-order valence-corrected chi connectivity index (χ0v) is 9.84. The fraction of sp³-hybridized carbons (Fsp3) is 1.00. The summed E-state index contributed by atoms with van der Waals surface area (Å²) in [7, 11) is 0. The Morgan fingerprint density at radius 2 is 2.14 bits per heavy atom. The van der Waals surface area contributed by atoms with Crippen molar-refractivity contribution in [3.63, 3.8) is 0 Å². The number of nitrogens with zero attached hydrogens (tertiary/aromatic N) is 1. The van der Waals surface area contributed by atoms with E-state index in [0.717, 1.165) is 12.5 Å². The molecule has 0 spiro atoms. The minimum atomic E-state index is 0.331. The van der Waals surface area contributed by atoms with Gasteiger partial charge in [-0.25, -0.2) is 0 Å². The van der Waals surface area contributed by atoms with Crippen molar-refractivity contribution in [3.05, 3.63) is 0 Å². The third-order valence-corrected chi connectivity index (χ3v) is 3.18.